The van der Waals surface area contributed by atoms with E-state index in [1.807, 2.05) is 12.1 Å². The normalized spacial score (nSPS) is 11.1. The highest BCUT2D eigenvalue weighted by atomic mass is 35.5. The number of benzene rings is 4. The van der Waals surface area contributed by atoms with Crippen molar-refractivity contribution in [1.29, 1.82) is 0 Å². The molecule has 0 saturated carbocycles. The molecular formula is C20H13Cl. The number of hydrogen-bond donors (Lipinski definition) is 0. The minimum Gasteiger partial charge on any atom is -0.0837 e. The van der Waals surface area contributed by atoms with Crippen molar-refractivity contribution in [2.75, 3.05) is 0 Å². The monoisotopic (exact) mass is 288 g/mol. The van der Waals surface area contributed by atoms with Crippen molar-refractivity contribution in [3.05, 3.63) is 83.9 Å². The van der Waals surface area contributed by atoms with Crippen LogP contribution in [0.5, 0.6) is 0 Å². The van der Waals surface area contributed by atoms with E-state index in [9.17, 15) is 0 Å². The van der Waals surface area contributed by atoms with Gasteiger partial charge >= 0.3 is 0 Å². The van der Waals surface area contributed by atoms with Crippen LogP contribution in [0.3, 0.4) is 0 Å². The first kappa shape index (κ1) is 12.4. The molecule has 0 unspecified atom stereocenters. The summed E-state index contributed by atoms with van der Waals surface area (Å²) in [5.41, 5.74) is 2.48. The zero-order chi connectivity index (χ0) is 14.2. The lowest BCUT2D eigenvalue weighted by molar-refractivity contribution is 1.68. The van der Waals surface area contributed by atoms with Gasteiger partial charge in [0.1, 0.15) is 0 Å². The van der Waals surface area contributed by atoms with Crippen LogP contribution >= 0.6 is 11.6 Å². The molecule has 0 spiro atoms. The molecule has 0 N–H and O–H groups in total. The van der Waals surface area contributed by atoms with Gasteiger partial charge in [-0.3, -0.25) is 0 Å². The SMILES string of the molecule is Clc1ccc(-c2cccc3ccccc23)c2ccccc12. The Morgan fingerprint density at radius 2 is 1.10 bits per heavy atom. The van der Waals surface area contributed by atoms with Gasteiger partial charge < -0.3 is 0 Å². The van der Waals surface area contributed by atoms with Gasteiger partial charge in [-0.1, -0.05) is 84.4 Å². The molecule has 0 bridgehead atoms. The molecule has 4 aromatic carbocycles. The predicted molar refractivity (Wildman–Crippen MR) is 91.9 cm³/mol. The van der Waals surface area contributed by atoms with Crippen LogP contribution in [0.4, 0.5) is 0 Å². The van der Waals surface area contributed by atoms with E-state index in [2.05, 4.69) is 66.7 Å². The Labute approximate surface area is 128 Å². The fraction of sp³-hybridized carbons (Fsp3) is 0. The van der Waals surface area contributed by atoms with Crippen molar-refractivity contribution in [1.82, 2.24) is 0 Å². The molecule has 0 saturated heterocycles. The lowest BCUT2D eigenvalue weighted by Crippen LogP contribution is -1.84. The van der Waals surface area contributed by atoms with E-state index in [0.29, 0.717) is 0 Å². The van der Waals surface area contributed by atoms with Gasteiger partial charge in [0.25, 0.3) is 0 Å². The van der Waals surface area contributed by atoms with E-state index in [1.54, 1.807) is 0 Å². The maximum Gasteiger partial charge on any atom is 0.0484 e. The third kappa shape index (κ3) is 2.00. The summed E-state index contributed by atoms with van der Waals surface area (Å²) in [4.78, 5) is 0. The summed E-state index contributed by atoms with van der Waals surface area (Å²) < 4.78 is 0. The topological polar surface area (TPSA) is 0 Å². The van der Waals surface area contributed by atoms with Gasteiger partial charge in [-0.15, -0.1) is 0 Å². The standard InChI is InChI=1S/C20H13Cl/c21-20-13-12-18(17-9-3-4-10-19(17)20)16-11-5-7-14-6-1-2-8-15(14)16/h1-13H. The fourth-order valence-corrected chi connectivity index (χ4v) is 3.19. The quantitative estimate of drug-likeness (QED) is 0.385. The van der Waals surface area contributed by atoms with E-state index in [0.717, 1.165) is 10.4 Å². The second-order valence-electron chi connectivity index (χ2n) is 5.17. The van der Waals surface area contributed by atoms with Crippen molar-refractivity contribution < 1.29 is 0 Å². The summed E-state index contributed by atoms with van der Waals surface area (Å²) in [6.07, 6.45) is 0. The van der Waals surface area contributed by atoms with E-state index < -0.39 is 0 Å². The van der Waals surface area contributed by atoms with E-state index in [-0.39, 0.29) is 0 Å². The molecule has 0 aromatic heterocycles. The molecule has 1 heteroatoms. The molecule has 0 heterocycles. The molecule has 0 atom stereocenters. The van der Waals surface area contributed by atoms with Crippen LogP contribution in [0, 0.1) is 0 Å². The second kappa shape index (κ2) is 4.91. The average Bonchev–Trinajstić information content (AvgIpc) is 2.55. The zero-order valence-electron chi connectivity index (χ0n) is 11.4. The molecule has 0 nitrogen and oxygen atoms in total. The van der Waals surface area contributed by atoms with Crippen LogP contribution in [0.25, 0.3) is 32.7 Å². The lowest BCUT2D eigenvalue weighted by atomic mass is 9.94. The molecule has 100 valence electrons. The van der Waals surface area contributed by atoms with Crippen molar-refractivity contribution in [3.8, 4) is 11.1 Å². The lowest BCUT2D eigenvalue weighted by Gasteiger charge is -2.11. The number of fused-ring (bicyclic) bond motifs is 2. The van der Waals surface area contributed by atoms with Crippen molar-refractivity contribution in [3.63, 3.8) is 0 Å². The van der Waals surface area contributed by atoms with Gasteiger partial charge in [0.2, 0.25) is 0 Å². The summed E-state index contributed by atoms with van der Waals surface area (Å²) in [7, 11) is 0. The molecule has 0 aliphatic rings. The summed E-state index contributed by atoms with van der Waals surface area (Å²) in [6.45, 7) is 0. The number of halogens is 1. The van der Waals surface area contributed by atoms with E-state index in [4.69, 9.17) is 11.6 Å². The Hall–Kier alpha value is -2.31. The first-order valence-corrected chi connectivity index (χ1v) is 7.38. The number of hydrogen-bond acceptors (Lipinski definition) is 0. The van der Waals surface area contributed by atoms with Crippen LogP contribution in [0.1, 0.15) is 0 Å². The van der Waals surface area contributed by atoms with Gasteiger partial charge in [-0.25, -0.2) is 0 Å². The summed E-state index contributed by atoms with van der Waals surface area (Å²) >= 11 is 6.33. The first-order valence-electron chi connectivity index (χ1n) is 7.00. The third-order valence-electron chi connectivity index (χ3n) is 3.95. The molecule has 0 amide bonds. The largest absolute Gasteiger partial charge is 0.0837 e. The van der Waals surface area contributed by atoms with Crippen LogP contribution in [0.2, 0.25) is 5.02 Å². The summed E-state index contributed by atoms with van der Waals surface area (Å²) in [6, 6.07) is 27.3. The maximum atomic E-state index is 6.33. The smallest absolute Gasteiger partial charge is 0.0484 e. The minimum absolute atomic E-state index is 0.801. The Bertz CT molecular complexity index is 949. The Kier molecular flexibility index (Phi) is 2.90. The van der Waals surface area contributed by atoms with Crippen LogP contribution in [-0.4, -0.2) is 0 Å². The van der Waals surface area contributed by atoms with Crippen molar-refractivity contribution in [2.24, 2.45) is 0 Å². The van der Waals surface area contributed by atoms with E-state index >= 15 is 0 Å². The highest BCUT2D eigenvalue weighted by molar-refractivity contribution is 6.36. The van der Waals surface area contributed by atoms with Crippen molar-refractivity contribution >= 4 is 33.1 Å². The minimum atomic E-state index is 0.801. The molecule has 0 aliphatic carbocycles. The van der Waals surface area contributed by atoms with Gasteiger partial charge in [0, 0.05) is 10.4 Å². The predicted octanol–water partition coefficient (Wildman–Crippen LogP) is 6.31. The molecule has 0 fully saturated rings. The molecule has 0 radical (unpaired) electrons. The molecule has 0 aliphatic heterocycles. The number of rotatable bonds is 1. The zero-order valence-corrected chi connectivity index (χ0v) is 12.1. The first-order chi connectivity index (χ1) is 10.3. The molecule has 4 aromatic rings. The van der Waals surface area contributed by atoms with Gasteiger partial charge in [-0.2, -0.15) is 0 Å². The van der Waals surface area contributed by atoms with Gasteiger partial charge in [0.15, 0.2) is 0 Å². The Balaban J connectivity index is 2.13. The van der Waals surface area contributed by atoms with Crippen LogP contribution in [0.15, 0.2) is 78.9 Å². The highest BCUT2D eigenvalue weighted by Crippen LogP contribution is 2.36. The third-order valence-corrected chi connectivity index (χ3v) is 4.28. The average molecular weight is 289 g/mol. The summed E-state index contributed by atoms with van der Waals surface area (Å²) in [5.74, 6) is 0. The van der Waals surface area contributed by atoms with Crippen LogP contribution in [-0.2, 0) is 0 Å². The Morgan fingerprint density at radius 1 is 0.476 bits per heavy atom. The van der Waals surface area contributed by atoms with E-state index in [1.165, 1.54) is 27.3 Å². The van der Waals surface area contributed by atoms with Gasteiger partial charge in [0.05, 0.1) is 0 Å². The molecular weight excluding hydrogens is 276 g/mol. The highest BCUT2D eigenvalue weighted by Gasteiger charge is 2.08. The van der Waals surface area contributed by atoms with Crippen LogP contribution < -0.4 is 0 Å². The molecule has 21 heavy (non-hydrogen) atoms. The maximum absolute atomic E-state index is 6.33. The fourth-order valence-electron chi connectivity index (χ4n) is 2.96. The van der Waals surface area contributed by atoms with Crippen molar-refractivity contribution in [2.45, 2.75) is 0 Å². The molecule has 4 rings (SSSR count). The second-order valence-corrected chi connectivity index (χ2v) is 5.57. The Morgan fingerprint density at radius 3 is 1.95 bits per heavy atom. The summed E-state index contributed by atoms with van der Waals surface area (Å²) in [5, 5.41) is 5.63. The van der Waals surface area contributed by atoms with Gasteiger partial charge in [-0.05, 0) is 33.4 Å².